The van der Waals surface area contributed by atoms with Crippen molar-refractivity contribution in [2.45, 2.75) is 26.8 Å². The fraction of sp³-hybridized carbons (Fsp3) is 0.588. The van der Waals surface area contributed by atoms with Gasteiger partial charge in [-0.2, -0.15) is 0 Å². The van der Waals surface area contributed by atoms with E-state index < -0.39 is 6.67 Å². The molecule has 0 radical (unpaired) electrons. The Bertz CT molecular complexity index is 629. The van der Waals surface area contributed by atoms with E-state index in [1.807, 2.05) is 20.8 Å². The Kier molecular flexibility index (Phi) is 8.07. The van der Waals surface area contributed by atoms with Crippen molar-refractivity contribution in [3.8, 4) is 0 Å². The molecular weight excluding hydrogens is 337 g/mol. The van der Waals surface area contributed by atoms with Crippen molar-refractivity contribution in [1.29, 1.82) is 0 Å². The molecule has 0 N–H and O–H groups in total. The van der Waals surface area contributed by atoms with Gasteiger partial charge < -0.3 is 14.5 Å². The van der Waals surface area contributed by atoms with Crippen molar-refractivity contribution >= 4 is 11.9 Å². The van der Waals surface area contributed by atoms with Gasteiger partial charge in [0.25, 0.3) is 0 Å². The van der Waals surface area contributed by atoms with Crippen LogP contribution in [0.5, 0.6) is 0 Å². The van der Waals surface area contributed by atoms with Crippen LogP contribution >= 0.6 is 0 Å². The Labute approximate surface area is 153 Å². The van der Waals surface area contributed by atoms with Crippen molar-refractivity contribution in [2.75, 3.05) is 49.3 Å². The van der Waals surface area contributed by atoms with E-state index in [4.69, 9.17) is 4.74 Å². The highest BCUT2D eigenvalue weighted by atomic mass is 19.1. The van der Waals surface area contributed by atoms with Gasteiger partial charge in [-0.3, -0.25) is 0 Å². The van der Waals surface area contributed by atoms with Gasteiger partial charge in [0.2, 0.25) is 11.9 Å². The van der Waals surface area contributed by atoms with Gasteiger partial charge in [-0.25, -0.2) is 29.3 Å². The quantitative estimate of drug-likeness (QED) is 0.717. The first-order valence-electron chi connectivity index (χ1n) is 8.84. The van der Waals surface area contributed by atoms with E-state index in [9.17, 15) is 4.39 Å². The average molecular weight is 363 g/mol. The summed E-state index contributed by atoms with van der Waals surface area (Å²) < 4.78 is 17.8. The summed E-state index contributed by atoms with van der Waals surface area (Å²) in [7, 11) is 0. The smallest absolute Gasteiger partial charge is 0.228 e. The maximum atomic E-state index is 12.3. The lowest BCUT2D eigenvalue weighted by Crippen LogP contribution is -2.56. The molecule has 2 aromatic heterocycles. The fourth-order valence-corrected chi connectivity index (χ4v) is 2.65. The van der Waals surface area contributed by atoms with E-state index in [1.165, 1.54) is 12.7 Å². The molecule has 1 aliphatic rings. The van der Waals surface area contributed by atoms with Gasteiger partial charge in [0.1, 0.15) is 19.3 Å². The van der Waals surface area contributed by atoms with Crippen LogP contribution in [-0.4, -0.2) is 70.5 Å². The number of piperazine rings is 1. The molecule has 1 atom stereocenters. The summed E-state index contributed by atoms with van der Waals surface area (Å²) in [5.74, 6) is 1.29. The Balaban J connectivity index is 0.00000117. The maximum absolute atomic E-state index is 12.3. The molecule has 1 saturated heterocycles. The summed E-state index contributed by atoms with van der Waals surface area (Å²) in [5.41, 5.74) is 1.02. The number of rotatable bonds is 6. The molecule has 0 saturated carbocycles. The van der Waals surface area contributed by atoms with Crippen LogP contribution in [0, 0.1) is 6.92 Å². The van der Waals surface area contributed by atoms with Gasteiger partial charge in [0.05, 0.1) is 19.3 Å². The Morgan fingerprint density at radius 2 is 1.77 bits per heavy atom. The monoisotopic (exact) mass is 363 g/mol. The Morgan fingerprint density at radius 1 is 1.08 bits per heavy atom. The third-order valence-corrected chi connectivity index (χ3v) is 3.80. The molecule has 0 aromatic carbocycles. The number of ether oxygens (including phenoxy) is 1. The Hall–Kier alpha value is -2.42. The summed E-state index contributed by atoms with van der Waals surface area (Å²) in [6, 6.07) is -0.0161. The van der Waals surface area contributed by atoms with Crippen LogP contribution in [0.1, 0.15) is 19.4 Å². The highest BCUT2D eigenvalue weighted by molar-refractivity contribution is 5.39. The number of nitrogens with zero attached hydrogens (tertiary/aromatic N) is 7. The summed E-state index contributed by atoms with van der Waals surface area (Å²) in [4.78, 5) is 25.2. The molecule has 0 spiro atoms. The van der Waals surface area contributed by atoms with E-state index in [0.717, 1.165) is 12.1 Å². The zero-order valence-corrected chi connectivity index (χ0v) is 15.5. The molecule has 3 rings (SSSR count). The van der Waals surface area contributed by atoms with Crippen LogP contribution in [0.3, 0.4) is 0 Å². The molecule has 0 aliphatic carbocycles. The van der Waals surface area contributed by atoms with Gasteiger partial charge in [-0.15, -0.1) is 0 Å². The zero-order chi connectivity index (χ0) is 18.8. The Morgan fingerprint density at radius 3 is 2.42 bits per heavy atom. The first-order valence-corrected chi connectivity index (χ1v) is 8.84. The zero-order valence-electron chi connectivity index (χ0n) is 15.5. The second kappa shape index (κ2) is 10.5. The molecule has 8 nitrogen and oxygen atoms in total. The van der Waals surface area contributed by atoms with E-state index >= 15 is 0 Å². The lowest BCUT2D eigenvalue weighted by molar-refractivity contribution is 0.104. The van der Waals surface area contributed by atoms with Gasteiger partial charge in [-0.1, -0.05) is 13.8 Å². The molecule has 3 heterocycles. The van der Waals surface area contributed by atoms with Crippen LogP contribution in [0.4, 0.5) is 16.3 Å². The highest BCUT2D eigenvalue weighted by Crippen LogP contribution is 2.19. The lowest BCUT2D eigenvalue weighted by Gasteiger charge is -2.41. The van der Waals surface area contributed by atoms with Crippen molar-refractivity contribution in [1.82, 2.24) is 24.9 Å². The van der Waals surface area contributed by atoms with Crippen LogP contribution in [0.25, 0.3) is 0 Å². The topological polar surface area (TPSA) is 80.2 Å². The molecule has 1 fully saturated rings. The molecular formula is C17H26FN7O. The third kappa shape index (κ3) is 5.29. The number of aryl methyl sites for hydroxylation is 1. The summed E-state index contributed by atoms with van der Waals surface area (Å²) >= 11 is 0. The van der Waals surface area contributed by atoms with Crippen molar-refractivity contribution in [3.05, 3.63) is 30.6 Å². The predicted molar refractivity (Wildman–Crippen MR) is 98.1 cm³/mol. The SMILES string of the molecule is CC.Cc1cnc(N2CCN(c3ncncn3)C(COCCF)C2)nc1. The van der Waals surface area contributed by atoms with Crippen molar-refractivity contribution < 1.29 is 9.13 Å². The molecule has 142 valence electrons. The standard InChI is InChI=1S/C15H20FN7O.C2H6/c1-12-6-18-14(19-7-12)22-3-4-23(15-20-10-17-11-21-15)13(8-22)9-24-5-2-16;1-2/h6-7,10-11,13H,2-5,8-9H2,1H3;1-2H3. The van der Waals surface area contributed by atoms with Gasteiger partial charge >= 0.3 is 0 Å². The first-order chi connectivity index (χ1) is 12.8. The minimum atomic E-state index is -0.497. The van der Waals surface area contributed by atoms with Crippen molar-refractivity contribution in [2.24, 2.45) is 0 Å². The third-order valence-electron chi connectivity index (χ3n) is 3.80. The molecule has 1 aliphatic heterocycles. The number of halogens is 1. The number of aromatic nitrogens is 5. The summed E-state index contributed by atoms with van der Waals surface area (Å²) in [6.45, 7) is 8.03. The average Bonchev–Trinajstić information content (AvgIpc) is 2.71. The second-order valence-electron chi connectivity index (χ2n) is 5.56. The van der Waals surface area contributed by atoms with Crippen LogP contribution in [-0.2, 0) is 4.74 Å². The van der Waals surface area contributed by atoms with Crippen LogP contribution in [0.2, 0.25) is 0 Å². The van der Waals surface area contributed by atoms with E-state index in [-0.39, 0.29) is 12.6 Å². The summed E-state index contributed by atoms with van der Waals surface area (Å²) in [5, 5.41) is 0. The van der Waals surface area contributed by atoms with E-state index in [0.29, 0.717) is 31.6 Å². The second-order valence-corrected chi connectivity index (χ2v) is 5.56. The van der Waals surface area contributed by atoms with Gasteiger partial charge in [0, 0.05) is 32.0 Å². The van der Waals surface area contributed by atoms with Crippen LogP contribution < -0.4 is 9.80 Å². The highest BCUT2D eigenvalue weighted by Gasteiger charge is 2.30. The maximum Gasteiger partial charge on any atom is 0.228 e. The lowest BCUT2D eigenvalue weighted by atomic mass is 10.2. The predicted octanol–water partition coefficient (Wildman–Crippen LogP) is 1.68. The molecule has 26 heavy (non-hydrogen) atoms. The van der Waals surface area contributed by atoms with E-state index in [2.05, 4.69) is 34.7 Å². The fourth-order valence-electron chi connectivity index (χ4n) is 2.65. The molecule has 0 bridgehead atoms. The number of hydrogen-bond donors (Lipinski definition) is 0. The number of hydrogen-bond acceptors (Lipinski definition) is 8. The normalized spacial score (nSPS) is 16.8. The van der Waals surface area contributed by atoms with E-state index in [1.54, 1.807) is 12.4 Å². The minimum absolute atomic E-state index is 0.0161. The summed E-state index contributed by atoms with van der Waals surface area (Å²) in [6.07, 6.45) is 6.54. The number of anilines is 2. The first kappa shape index (κ1) is 19.9. The van der Waals surface area contributed by atoms with Gasteiger partial charge in [-0.05, 0) is 12.5 Å². The molecule has 2 aromatic rings. The number of alkyl halides is 1. The minimum Gasteiger partial charge on any atom is -0.377 e. The van der Waals surface area contributed by atoms with Crippen molar-refractivity contribution in [3.63, 3.8) is 0 Å². The largest absolute Gasteiger partial charge is 0.377 e. The molecule has 1 unspecified atom stereocenters. The molecule has 9 heteroatoms. The van der Waals surface area contributed by atoms with Crippen LogP contribution in [0.15, 0.2) is 25.0 Å². The molecule has 0 amide bonds. The van der Waals surface area contributed by atoms with Gasteiger partial charge in [0.15, 0.2) is 0 Å².